The Kier molecular flexibility index (Phi) is 8.40. The first-order chi connectivity index (χ1) is 17.3. The maximum absolute atomic E-state index is 13.7. The van der Waals surface area contributed by atoms with E-state index in [1.165, 1.54) is 0 Å². The molecule has 0 aromatic heterocycles. The Hall–Kier alpha value is -1.54. The van der Waals surface area contributed by atoms with E-state index < -0.39 is 30.0 Å². The van der Waals surface area contributed by atoms with Crippen LogP contribution in [-0.4, -0.2) is 34.0 Å². The second-order valence-corrected chi connectivity index (χ2v) is 14.1. The summed E-state index contributed by atoms with van der Waals surface area (Å²) in [7, 11) is 0. The zero-order chi connectivity index (χ0) is 27.1. The standard InChI is InChI=1S/C30H36Br2O5/c1-29(2)12-21(33)26(22(34)13-29)25(27-23(35)14-30(3,4)15-24(27)36)19-10-18(31)11-20(32)28(19)37-16-17-8-6-5-7-9-17/h5-11,21,23,25-27,33,35H,12-16H2,1-4H3/t21-,23-,25?,26-,27+/m0/s1. The molecule has 5 atom stereocenters. The summed E-state index contributed by atoms with van der Waals surface area (Å²) in [5.74, 6) is -2.01. The van der Waals surface area contributed by atoms with Crippen LogP contribution < -0.4 is 4.74 Å². The number of hydrogen-bond donors (Lipinski definition) is 2. The van der Waals surface area contributed by atoms with Gasteiger partial charge in [-0.05, 0) is 57.3 Å². The molecule has 5 nitrogen and oxygen atoms in total. The van der Waals surface area contributed by atoms with E-state index in [2.05, 4.69) is 31.9 Å². The molecule has 4 rings (SSSR count). The molecule has 2 aromatic rings. The molecule has 2 aromatic carbocycles. The van der Waals surface area contributed by atoms with E-state index in [-0.39, 0.29) is 22.4 Å². The molecule has 2 fully saturated rings. The average molecular weight is 636 g/mol. The first kappa shape index (κ1) is 28.5. The summed E-state index contributed by atoms with van der Waals surface area (Å²) in [6.45, 7) is 8.21. The minimum absolute atomic E-state index is 0.0799. The molecule has 2 aliphatic rings. The Morgan fingerprint density at radius 2 is 1.41 bits per heavy atom. The summed E-state index contributed by atoms with van der Waals surface area (Å²) >= 11 is 7.21. The van der Waals surface area contributed by atoms with Gasteiger partial charge in [0.25, 0.3) is 0 Å². The van der Waals surface area contributed by atoms with Crippen molar-refractivity contribution < 1.29 is 24.5 Å². The molecule has 0 amide bonds. The summed E-state index contributed by atoms with van der Waals surface area (Å²) in [5, 5.41) is 22.7. The van der Waals surface area contributed by atoms with E-state index >= 15 is 0 Å². The third-order valence-electron chi connectivity index (χ3n) is 7.80. The van der Waals surface area contributed by atoms with Crippen LogP contribution in [0, 0.1) is 22.7 Å². The largest absolute Gasteiger partial charge is 0.487 e. The van der Waals surface area contributed by atoms with Crippen molar-refractivity contribution in [3.8, 4) is 5.75 Å². The second kappa shape index (κ2) is 10.9. The van der Waals surface area contributed by atoms with Crippen LogP contribution in [-0.2, 0) is 16.2 Å². The van der Waals surface area contributed by atoms with Crippen molar-refractivity contribution in [3.63, 3.8) is 0 Å². The number of ether oxygens (including phenoxy) is 1. The predicted molar refractivity (Wildman–Crippen MR) is 150 cm³/mol. The van der Waals surface area contributed by atoms with Crippen molar-refractivity contribution in [3.05, 3.63) is 62.5 Å². The Morgan fingerprint density at radius 1 is 0.892 bits per heavy atom. The number of hydrogen-bond acceptors (Lipinski definition) is 5. The van der Waals surface area contributed by atoms with Crippen LogP contribution in [0.3, 0.4) is 0 Å². The van der Waals surface area contributed by atoms with Crippen LogP contribution in [0.4, 0.5) is 0 Å². The monoisotopic (exact) mass is 634 g/mol. The molecular formula is C30H36Br2O5. The van der Waals surface area contributed by atoms with Crippen molar-refractivity contribution >= 4 is 43.4 Å². The van der Waals surface area contributed by atoms with Gasteiger partial charge in [-0.3, -0.25) is 9.59 Å². The fourth-order valence-electron chi connectivity index (χ4n) is 6.34. The van der Waals surface area contributed by atoms with Crippen LogP contribution in [0.2, 0.25) is 0 Å². The van der Waals surface area contributed by atoms with Crippen LogP contribution >= 0.6 is 31.9 Å². The number of Topliss-reactive ketones (excluding diaryl/α,β-unsaturated/α-hetero) is 2. The smallest absolute Gasteiger partial charge is 0.139 e. The predicted octanol–water partition coefficient (Wildman–Crippen LogP) is 6.61. The van der Waals surface area contributed by atoms with Gasteiger partial charge in [0.2, 0.25) is 0 Å². The molecular weight excluding hydrogens is 600 g/mol. The lowest BCUT2D eigenvalue weighted by Gasteiger charge is -2.46. The van der Waals surface area contributed by atoms with Gasteiger partial charge in [-0.1, -0.05) is 74.0 Å². The molecule has 2 N–H and O–H groups in total. The van der Waals surface area contributed by atoms with Crippen molar-refractivity contribution in [2.75, 3.05) is 0 Å². The molecule has 200 valence electrons. The lowest BCUT2D eigenvalue weighted by atomic mass is 9.58. The third kappa shape index (κ3) is 6.38. The Labute approximate surface area is 236 Å². The van der Waals surface area contributed by atoms with Crippen LogP contribution in [0.1, 0.15) is 70.4 Å². The van der Waals surface area contributed by atoms with Gasteiger partial charge in [0.1, 0.15) is 23.9 Å². The second-order valence-electron chi connectivity index (χ2n) is 12.3. The molecule has 1 unspecified atom stereocenters. The number of aliphatic hydroxyl groups is 2. The number of rotatable bonds is 6. The molecule has 0 saturated heterocycles. The Balaban J connectivity index is 1.84. The van der Waals surface area contributed by atoms with Gasteiger partial charge in [0.05, 0.1) is 28.5 Å². The van der Waals surface area contributed by atoms with Gasteiger partial charge in [-0.25, -0.2) is 0 Å². The van der Waals surface area contributed by atoms with E-state index in [0.29, 0.717) is 48.1 Å². The summed E-state index contributed by atoms with van der Waals surface area (Å²) in [6, 6.07) is 13.5. The zero-order valence-corrected chi connectivity index (χ0v) is 25.0. The minimum atomic E-state index is -0.934. The van der Waals surface area contributed by atoms with Crippen LogP contribution in [0.25, 0.3) is 0 Å². The lowest BCUT2D eigenvalue weighted by molar-refractivity contribution is -0.144. The van der Waals surface area contributed by atoms with E-state index in [0.717, 1.165) is 10.0 Å². The van der Waals surface area contributed by atoms with Crippen LogP contribution in [0.15, 0.2) is 51.4 Å². The number of ketones is 2. The topological polar surface area (TPSA) is 83.8 Å². The maximum atomic E-state index is 13.7. The highest BCUT2D eigenvalue weighted by Gasteiger charge is 2.52. The van der Waals surface area contributed by atoms with Gasteiger partial charge >= 0.3 is 0 Å². The maximum Gasteiger partial charge on any atom is 0.139 e. The molecule has 2 saturated carbocycles. The van der Waals surface area contributed by atoms with Gasteiger partial charge in [-0.15, -0.1) is 0 Å². The highest BCUT2D eigenvalue weighted by molar-refractivity contribution is 9.11. The normalized spacial score (nSPS) is 28.1. The highest BCUT2D eigenvalue weighted by atomic mass is 79.9. The van der Waals surface area contributed by atoms with Gasteiger partial charge in [-0.2, -0.15) is 0 Å². The number of carbonyl (C=O) groups is 2. The van der Waals surface area contributed by atoms with Crippen molar-refractivity contribution in [1.29, 1.82) is 0 Å². The van der Waals surface area contributed by atoms with Gasteiger partial charge in [0, 0.05) is 28.8 Å². The fourth-order valence-corrected chi connectivity index (χ4v) is 7.71. The van der Waals surface area contributed by atoms with E-state index in [4.69, 9.17) is 4.74 Å². The van der Waals surface area contributed by atoms with E-state index in [9.17, 15) is 19.8 Å². The molecule has 0 aliphatic heterocycles. The Morgan fingerprint density at radius 3 is 1.89 bits per heavy atom. The summed E-state index contributed by atoms with van der Waals surface area (Å²) in [4.78, 5) is 27.3. The van der Waals surface area contributed by atoms with Crippen molar-refractivity contribution in [2.24, 2.45) is 22.7 Å². The quantitative estimate of drug-likeness (QED) is 0.373. The number of benzene rings is 2. The van der Waals surface area contributed by atoms with Crippen LogP contribution in [0.5, 0.6) is 5.75 Å². The molecule has 0 bridgehead atoms. The molecule has 2 aliphatic carbocycles. The van der Waals surface area contributed by atoms with E-state index in [1.807, 2.05) is 70.2 Å². The Bertz CT molecular complexity index is 1120. The lowest BCUT2D eigenvalue weighted by Crippen LogP contribution is -2.51. The molecule has 0 radical (unpaired) electrons. The van der Waals surface area contributed by atoms with Gasteiger partial charge < -0.3 is 14.9 Å². The zero-order valence-electron chi connectivity index (χ0n) is 21.8. The fraction of sp³-hybridized carbons (Fsp3) is 0.533. The first-order valence-electron chi connectivity index (χ1n) is 12.9. The number of carbonyl (C=O) groups excluding carboxylic acids is 2. The summed E-state index contributed by atoms with van der Waals surface area (Å²) in [6.07, 6.45) is -0.367. The third-order valence-corrected chi connectivity index (χ3v) is 8.84. The van der Waals surface area contributed by atoms with Gasteiger partial charge in [0.15, 0.2) is 0 Å². The number of halogens is 2. The minimum Gasteiger partial charge on any atom is -0.487 e. The highest BCUT2D eigenvalue weighted by Crippen LogP contribution is 2.52. The molecule has 0 spiro atoms. The summed E-state index contributed by atoms with van der Waals surface area (Å²) in [5.41, 5.74) is 0.954. The molecule has 7 heteroatoms. The van der Waals surface area contributed by atoms with Crippen molar-refractivity contribution in [1.82, 2.24) is 0 Å². The van der Waals surface area contributed by atoms with Crippen molar-refractivity contribution in [2.45, 2.75) is 78.1 Å². The molecule has 0 heterocycles. The summed E-state index contributed by atoms with van der Waals surface area (Å²) < 4.78 is 7.77. The SMILES string of the molecule is CC1(C)CC(=O)[C@H](C(c2cc(Br)cc(Br)c2OCc2ccccc2)[C@@H]2C(=O)CC(C)(C)C[C@@H]2O)[C@@H](O)C1. The first-order valence-corrected chi connectivity index (χ1v) is 14.4. The molecule has 37 heavy (non-hydrogen) atoms. The van der Waals surface area contributed by atoms with E-state index in [1.54, 1.807) is 0 Å². The number of aliphatic hydroxyl groups excluding tert-OH is 2. The average Bonchev–Trinajstić information content (AvgIpc) is 2.75.